The second-order valence-electron chi connectivity index (χ2n) is 5.20. The molecule has 100 valence electrons. The summed E-state index contributed by atoms with van der Waals surface area (Å²) in [5.74, 6) is -1.03. The van der Waals surface area contributed by atoms with Gasteiger partial charge in [-0.05, 0) is 40.1 Å². The van der Waals surface area contributed by atoms with Gasteiger partial charge in [0.25, 0.3) is 0 Å². The van der Waals surface area contributed by atoms with Crippen molar-refractivity contribution in [3.8, 4) is 0 Å². The van der Waals surface area contributed by atoms with Crippen LogP contribution in [-0.4, -0.2) is 11.1 Å². The van der Waals surface area contributed by atoms with Crippen LogP contribution in [-0.2, 0) is 10.3 Å². The van der Waals surface area contributed by atoms with E-state index >= 15 is 0 Å². The lowest BCUT2D eigenvalue weighted by atomic mass is 9.84. The van der Waals surface area contributed by atoms with Crippen LogP contribution < -0.4 is 5.73 Å². The highest BCUT2D eigenvalue weighted by Crippen LogP contribution is 2.34. The van der Waals surface area contributed by atoms with E-state index in [4.69, 9.17) is 5.73 Å². The molecule has 3 rings (SSSR count). The fraction of sp³-hybridized carbons (Fsp3) is 0.118. The first-order valence-corrected chi connectivity index (χ1v) is 6.45. The maximum absolute atomic E-state index is 11.6. The standard InChI is InChI=1S/C17H15NO2/c1-17(18,16(19)20)15-13-8-4-2-6-11(13)10-12-7-3-5-9-14(12)15/h2-10H,18H2,1H3,(H,19,20). The van der Waals surface area contributed by atoms with E-state index < -0.39 is 11.5 Å². The zero-order chi connectivity index (χ0) is 14.3. The van der Waals surface area contributed by atoms with E-state index in [1.807, 2.05) is 48.5 Å². The van der Waals surface area contributed by atoms with Gasteiger partial charge in [-0.1, -0.05) is 48.5 Å². The molecule has 1 atom stereocenters. The predicted octanol–water partition coefficient (Wildman–Crippen LogP) is 3.25. The number of hydrogen-bond acceptors (Lipinski definition) is 2. The molecule has 0 fully saturated rings. The summed E-state index contributed by atoms with van der Waals surface area (Å²) in [6.45, 7) is 1.55. The van der Waals surface area contributed by atoms with Crippen molar-refractivity contribution in [2.45, 2.75) is 12.5 Å². The van der Waals surface area contributed by atoms with Crippen LogP contribution in [0.2, 0.25) is 0 Å². The maximum atomic E-state index is 11.6. The van der Waals surface area contributed by atoms with Gasteiger partial charge in [0, 0.05) is 0 Å². The zero-order valence-corrected chi connectivity index (χ0v) is 11.1. The number of carbonyl (C=O) groups is 1. The molecule has 20 heavy (non-hydrogen) atoms. The largest absolute Gasteiger partial charge is 0.480 e. The minimum Gasteiger partial charge on any atom is -0.480 e. The lowest BCUT2D eigenvalue weighted by molar-refractivity contribution is -0.142. The molecule has 0 saturated heterocycles. The minimum absolute atomic E-state index is 0.665. The van der Waals surface area contributed by atoms with E-state index in [9.17, 15) is 9.90 Å². The second-order valence-corrected chi connectivity index (χ2v) is 5.20. The molecule has 3 aromatic carbocycles. The van der Waals surface area contributed by atoms with Gasteiger partial charge in [0.05, 0.1) is 0 Å². The van der Waals surface area contributed by atoms with Crippen molar-refractivity contribution < 1.29 is 9.90 Å². The van der Waals surface area contributed by atoms with Crippen LogP contribution in [0.1, 0.15) is 12.5 Å². The number of benzene rings is 3. The van der Waals surface area contributed by atoms with Crippen molar-refractivity contribution in [3.63, 3.8) is 0 Å². The van der Waals surface area contributed by atoms with Gasteiger partial charge in [0.1, 0.15) is 5.54 Å². The van der Waals surface area contributed by atoms with E-state index in [1.54, 1.807) is 6.92 Å². The SMILES string of the molecule is CC(N)(C(=O)O)c1c2ccccc2cc2ccccc12. The van der Waals surface area contributed by atoms with Crippen molar-refractivity contribution in [1.29, 1.82) is 0 Å². The Kier molecular flexibility index (Phi) is 2.73. The van der Waals surface area contributed by atoms with Gasteiger partial charge in [-0.3, -0.25) is 0 Å². The number of aliphatic carboxylic acids is 1. The molecule has 0 aliphatic rings. The van der Waals surface area contributed by atoms with E-state index in [0.717, 1.165) is 21.5 Å². The molecule has 0 aliphatic heterocycles. The Hall–Kier alpha value is -2.39. The highest BCUT2D eigenvalue weighted by molar-refractivity contribution is 6.06. The quantitative estimate of drug-likeness (QED) is 0.699. The highest BCUT2D eigenvalue weighted by atomic mass is 16.4. The lowest BCUT2D eigenvalue weighted by Crippen LogP contribution is -2.42. The molecule has 3 nitrogen and oxygen atoms in total. The van der Waals surface area contributed by atoms with E-state index in [0.29, 0.717) is 5.56 Å². The van der Waals surface area contributed by atoms with Gasteiger partial charge in [-0.15, -0.1) is 0 Å². The first-order valence-electron chi connectivity index (χ1n) is 6.45. The average molecular weight is 265 g/mol. The van der Waals surface area contributed by atoms with Crippen molar-refractivity contribution in [2.75, 3.05) is 0 Å². The van der Waals surface area contributed by atoms with Gasteiger partial charge in [0.15, 0.2) is 0 Å². The molecule has 0 saturated carbocycles. The number of nitrogens with two attached hydrogens (primary N) is 1. The van der Waals surface area contributed by atoms with Crippen molar-refractivity contribution in [1.82, 2.24) is 0 Å². The summed E-state index contributed by atoms with van der Waals surface area (Å²) in [7, 11) is 0. The molecule has 3 heteroatoms. The first kappa shape index (κ1) is 12.6. The summed E-state index contributed by atoms with van der Waals surface area (Å²) < 4.78 is 0. The van der Waals surface area contributed by atoms with Crippen LogP contribution in [0.3, 0.4) is 0 Å². The summed E-state index contributed by atoms with van der Waals surface area (Å²) in [5.41, 5.74) is 5.35. The fourth-order valence-electron chi connectivity index (χ4n) is 2.68. The smallest absolute Gasteiger partial charge is 0.328 e. The Morgan fingerprint density at radius 2 is 1.45 bits per heavy atom. The summed E-state index contributed by atoms with van der Waals surface area (Å²) in [5, 5.41) is 13.3. The van der Waals surface area contributed by atoms with Crippen molar-refractivity contribution in [3.05, 3.63) is 60.2 Å². The average Bonchev–Trinajstić information content (AvgIpc) is 2.44. The summed E-state index contributed by atoms with van der Waals surface area (Å²) in [6.07, 6.45) is 0. The van der Waals surface area contributed by atoms with E-state index in [-0.39, 0.29) is 0 Å². The lowest BCUT2D eigenvalue weighted by Gasteiger charge is -2.24. The molecular formula is C17H15NO2. The summed E-state index contributed by atoms with van der Waals surface area (Å²) in [6, 6.07) is 17.5. The number of hydrogen-bond donors (Lipinski definition) is 2. The third-order valence-corrected chi connectivity index (χ3v) is 3.73. The Morgan fingerprint density at radius 3 is 1.90 bits per heavy atom. The Morgan fingerprint density at radius 1 is 1.00 bits per heavy atom. The third kappa shape index (κ3) is 1.75. The van der Waals surface area contributed by atoms with Crippen molar-refractivity contribution in [2.24, 2.45) is 5.73 Å². The molecule has 0 amide bonds. The fourth-order valence-corrected chi connectivity index (χ4v) is 2.68. The molecule has 0 spiro atoms. The van der Waals surface area contributed by atoms with Gasteiger partial charge in [-0.2, -0.15) is 0 Å². The molecule has 0 radical (unpaired) electrons. The number of carboxylic acid groups (broad SMARTS) is 1. The van der Waals surface area contributed by atoms with Crippen LogP contribution in [0.25, 0.3) is 21.5 Å². The molecule has 0 bridgehead atoms. The topological polar surface area (TPSA) is 63.3 Å². The van der Waals surface area contributed by atoms with Gasteiger partial charge >= 0.3 is 5.97 Å². The van der Waals surface area contributed by atoms with Crippen LogP contribution in [0.5, 0.6) is 0 Å². The Labute approximate surface area is 116 Å². The maximum Gasteiger partial charge on any atom is 0.328 e. The summed E-state index contributed by atoms with van der Waals surface area (Å²) in [4.78, 5) is 11.6. The molecule has 1 unspecified atom stereocenters. The summed E-state index contributed by atoms with van der Waals surface area (Å²) >= 11 is 0. The van der Waals surface area contributed by atoms with Gasteiger partial charge in [0.2, 0.25) is 0 Å². The molecule has 0 heterocycles. The molecule has 0 aliphatic carbocycles. The van der Waals surface area contributed by atoms with Crippen LogP contribution in [0, 0.1) is 0 Å². The van der Waals surface area contributed by atoms with Gasteiger partial charge in [-0.25, -0.2) is 4.79 Å². The number of rotatable bonds is 2. The molecule has 0 aromatic heterocycles. The van der Waals surface area contributed by atoms with Crippen LogP contribution >= 0.6 is 0 Å². The van der Waals surface area contributed by atoms with E-state index in [1.165, 1.54) is 0 Å². The Balaban J connectivity index is 2.55. The molecular weight excluding hydrogens is 250 g/mol. The second kappa shape index (κ2) is 4.32. The first-order chi connectivity index (χ1) is 9.51. The van der Waals surface area contributed by atoms with Crippen LogP contribution in [0.15, 0.2) is 54.6 Å². The highest BCUT2D eigenvalue weighted by Gasteiger charge is 2.33. The normalized spacial score (nSPS) is 14.3. The van der Waals surface area contributed by atoms with Crippen molar-refractivity contribution >= 4 is 27.5 Å². The molecule has 3 aromatic rings. The third-order valence-electron chi connectivity index (χ3n) is 3.73. The zero-order valence-electron chi connectivity index (χ0n) is 11.1. The number of fused-ring (bicyclic) bond motifs is 2. The van der Waals surface area contributed by atoms with Crippen LogP contribution in [0.4, 0.5) is 0 Å². The minimum atomic E-state index is -1.43. The predicted molar refractivity (Wildman–Crippen MR) is 80.6 cm³/mol. The Bertz CT molecular complexity index is 767. The van der Waals surface area contributed by atoms with Gasteiger partial charge < -0.3 is 10.8 Å². The monoisotopic (exact) mass is 265 g/mol. The molecule has 3 N–H and O–H groups in total. The van der Waals surface area contributed by atoms with E-state index in [2.05, 4.69) is 6.07 Å². The number of carboxylic acids is 1.